The fourth-order valence-electron chi connectivity index (χ4n) is 2.55. The summed E-state index contributed by atoms with van der Waals surface area (Å²) >= 11 is 0. The van der Waals surface area contributed by atoms with E-state index >= 15 is 0 Å². The van der Waals surface area contributed by atoms with E-state index in [-0.39, 0.29) is 0 Å². The number of hydrogen-bond donors (Lipinski definition) is 1. The minimum Gasteiger partial charge on any atom is -0.330 e. The highest BCUT2D eigenvalue weighted by Crippen LogP contribution is 2.21. The number of hydrogen-bond acceptors (Lipinski definition) is 3. The first kappa shape index (κ1) is 13.3. The summed E-state index contributed by atoms with van der Waals surface area (Å²) in [6, 6.07) is 13.8. The molecule has 21 heavy (non-hydrogen) atoms. The van der Waals surface area contributed by atoms with Crippen molar-refractivity contribution < 1.29 is 0 Å². The molecule has 0 saturated carbocycles. The number of nitrogens with two attached hydrogens (primary N) is 1. The molecule has 0 radical (unpaired) electrons. The molecule has 3 rings (SSSR count). The molecular formula is C17H16N4. The van der Waals surface area contributed by atoms with Crippen LogP contribution in [0.5, 0.6) is 0 Å². The number of rotatable bonds is 4. The highest BCUT2D eigenvalue weighted by atomic mass is 15.0. The monoisotopic (exact) mass is 276 g/mol. The topological polar surface area (TPSA) is 67.6 Å². The third-order valence-corrected chi connectivity index (χ3v) is 3.57. The van der Waals surface area contributed by atoms with Gasteiger partial charge in [0.05, 0.1) is 11.6 Å². The van der Waals surface area contributed by atoms with E-state index in [1.165, 1.54) is 5.56 Å². The van der Waals surface area contributed by atoms with Crippen LogP contribution in [0.2, 0.25) is 0 Å². The van der Waals surface area contributed by atoms with Crippen LogP contribution >= 0.6 is 0 Å². The van der Waals surface area contributed by atoms with Gasteiger partial charge in [0.1, 0.15) is 5.65 Å². The van der Waals surface area contributed by atoms with Crippen LogP contribution in [-0.2, 0) is 13.0 Å². The second-order valence-corrected chi connectivity index (χ2v) is 5.00. The van der Waals surface area contributed by atoms with Gasteiger partial charge in [-0.1, -0.05) is 12.1 Å². The van der Waals surface area contributed by atoms with E-state index in [1.807, 2.05) is 36.5 Å². The number of nitriles is 1. The molecule has 2 N–H and O–H groups in total. The lowest BCUT2D eigenvalue weighted by Crippen LogP contribution is -2.02. The highest BCUT2D eigenvalue weighted by Gasteiger charge is 2.09. The van der Waals surface area contributed by atoms with Crippen LogP contribution in [-0.4, -0.2) is 16.1 Å². The molecule has 0 aliphatic rings. The summed E-state index contributed by atoms with van der Waals surface area (Å²) in [6.45, 7) is 1.37. The first-order chi connectivity index (χ1) is 10.3. The summed E-state index contributed by atoms with van der Waals surface area (Å²) in [5, 5.41) is 10.0. The summed E-state index contributed by atoms with van der Waals surface area (Å²) in [6.07, 6.45) is 4.79. The van der Waals surface area contributed by atoms with Gasteiger partial charge in [-0.15, -0.1) is 0 Å². The van der Waals surface area contributed by atoms with Gasteiger partial charge in [0.2, 0.25) is 0 Å². The molecule has 3 aromatic rings. The molecule has 0 atom stereocenters. The molecule has 0 aliphatic heterocycles. The zero-order chi connectivity index (χ0) is 14.7. The van der Waals surface area contributed by atoms with Crippen LogP contribution in [0.15, 0.2) is 48.8 Å². The van der Waals surface area contributed by atoms with Gasteiger partial charge in [0.15, 0.2) is 0 Å². The van der Waals surface area contributed by atoms with Crippen molar-refractivity contribution in [1.82, 2.24) is 9.55 Å². The third-order valence-electron chi connectivity index (χ3n) is 3.57. The van der Waals surface area contributed by atoms with Gasteiger partial charge in [0.25, 0.3) is 0 Å². The van der Waals surface area contributed by atoms with Gasteiger partial charge in [-0.3, -0.25) is 0 Å². The van der Waals surface area contributed by atoms with Gasteiger partial charge in [0, 0.05) is 24.3 Å². The van der Waals surface area contributed by atoms with Gasteiger partial charge in [-0.25, -0.2) is 4.98 Å². The van der Waals surface area contributed by atoms with E-state index < -0.39 is 0 Å². The molecule has 0 spiro atoms. The molecule has 2 heterocycles. The predicted octanol–water partition coefficient (Wildman–Crippen LogP) is 2.46. The SMILES string of the molecule is N#Cc1ccc(Cn2cc(CCN)c3cccnc32)cc1. The van der Waals surface area contributed by atoms with Crippen LogP contribution in [0.1, 0.15) is 16.7 Å². The lowest BCUT2D eigenvalue weighted by atomic mass is 10.1. The Balaban J connectivity index is 1.98. The van der Waals surface area contributed by atoms with Crippen LogP contribution in [0.25, 0.3) is 11.0 Å². The van der Waals surface area contributed by atoms with Crippen LogP contribution in [0.4, 0.5) is 0 Å². The molecule has 1 aromatic carbocycles. The van der Waals surface area contributed by atoms with Crippen molar-refractivity contribution in [2.24, 2.45) is 5.73 Å². The van der Waals surface area contributed by atoms with Crippen molar-refractivity contribution in [2.45, 2.75) is 13.0 Å². The first-order valence-corrected chi connectivity index (χ1v) is 6.93. The number of aromatic nitrogens is 2. The summed E-state index contributed by atoms with van der Waals surface area (Å²) in [5.74, 6) is 0. The molecule has 4 heteroatoms. The van der Waals surface area contributed by atoms with Crippen molar-refractivity contribution in [1.29, 1.82) is 5.26 Å². The van der Waals surface area contributed by atoms with Crippen LogP contribution < -0.4 is 5.73 Å². The van der Waals surface area contributed by atoms with Crippen molar-refractivity contribution in [3.63, 3.8) is 0 Å². The molecular weight excluding hydrogens is 260 g/mol. The summed E-state index contributed by atoms with van der Waals surface area (Å²) in [7, 11) is 0. The van der Waals surface area contributed by atoms with Gasteiger partial charge < -0.3 is 10.3 Å². The Kier molecular flexibility index (Phi) is 3.67. The van der Waals surface area contributed by atoms with E-state index in [0.29, 0.717) is 12.1 Å². The molecule has 4 nitrogen and oxygen atoms in total. The molecule has 0 saturated heterocycles. The fourth-order valence-corrected chi connectivity index (χ4v) is 2.55. The van der Waals surface area contributed by atoms with Gasteiger partial charge in [-0.05, 0) is 48.4 Å². The van der Waals surface area contributed by atoms with Crippen LogP contribution in [0, 0.1) is 11.3 Å². The van der Waals surface area contributed by atoms with Crippen LogP contribution in [0.3, 0.4) is 0 Å². The average Bonchev–Trinajstić information content (AvgIpc) is 2.87. The molecule has 0 aliphatic carbocycles. The molecule has 0 amide bonds. The van der Waals surface area contributed by atoms with E-state index in [0.717, 1.165) is 29.6 Å². The zero-order valence-corrected chi connectivity index (χ0v) is 11.7. The molecule has 0 fully saturated rings. The Morgan fingerprint density at radius 2 is 2.00 bits per heavy atom. The average molecular weight is 276 g/mol. The van der Waals surface area contributed by atoms with Crippen molar-refractivity contribution in [3.8, 4) is 6.07 Å². The second-order valence-electron chi connectivity index (χ2n) is 5.00. The maximum absolute atomic E-state index is 8.84. The maximum Gasteiger partial charge on any atom is 0.140 e. The fraction of sp³-hybridized carbons (Fsp3) is 0.176. The minimum absolute atomic E-state index is 0.630. The predicted molar refractivity (Wildman–Crippen MR) is 82.8 cm³/mol. The summed E-state index contributed by atoms with van der Waals surface area (Å²) in [5.41, 5.74) is 9.72. The number of fused-ring (bicyclic) bond motifs is 1. The van der Waals surface area contributed by atoms with E-state index in [1.54, 1.807) is 0 Å². The number of nitrogens with zero attached hydrogens (tertiary/aromatic N) is 3. The van der Waals surface area contributed by atoms with E-state index in [4.69, 9.17) is 11.0 Å². The number of benzene rings is 1. The largest absolute Gasteiger partial charge is 0.330 e. The minimum atomic E-state index is 0.630. The lowest BCUT2D eigenvalue weighted by molar-refractivity contribution is 0.817. The maximum atomic E-state index is 8.84. The highest BCUT2D eigenvalue weighted by molar-refractivity contribution is 5.80. The Bertz CT molecular complexity index is 794. The smallest absolute Gasteiger partial charge is 0.140 e. The molecule has 0 unspecified atom stereocenters. The Morgan fingerprint density at radius 1 is 1.19 bits per heavy atom. The van der Waals surface area contributed by atoms with Crippen molar-refractivity contribution in [3.05, 3.63) is 65.5 Å². The van der Waals surface area contributed by atoms with E-state index in [2.05, 4.69) is 27.9 Å². The van der Waals surface area contributed by atoms with Gasteiger partial charge >= 0.3 is 0 Å². The normalized spacial score (nSPS) is 10.7. The second kappa shape index (κ2) is 5.78. The van der Waals surface area contributed by atoms with Crippen molar-refractivity contribution in [2.75, 3.05) is 6.54 Å². The van der Waals surface area contributed by atoms with Crippen molar-refractivity contribution >= 4 is 11.0 Å². The first-order valence-electron chi connectivity index (χ1n) is 6.93. The van der Waals surface area contributed by atoms with E-state index in [9.17, 15) is 0 Å². The third kappa shape index (κ3) is 2.64. The molecule has 2 aromatic heterocycles. The Morgan fingerprint density at radius 3 is 2.71 bits per heavy atom. The summed E-state index contributed by atoms with van der Waals surface area (Å²) in [4.78, 5) is 4.48. The zero-order valence-electron chi connectivity index (χ0n) is 11.7. The summed E-state index contributed by atoms with van der Waals surface area (Å²) < 4.78 is 2.14. The Hall–Kier alpha value is -2.64. The molecule has 0 bridgehead atoms. The standard InChI is InChI=1S/C17H16N4/c18-8-7-15-12-21(17-16(15)2-1-9-20-17)11-14-5-3-13(10-19)4-6-14/h1-6,9,12H,7-8,11,18H2. The van der Waals surface area contributed by atoms with Gasteiger partial charge in [-0.2, -0.15) is 5.26 Å². The number of pyridine rings is 1. The molecule has 104 valence electrons. The quantitative estimate of drug-likeness (QED) is 0.796. The lowest BCUT2D eigenvalue weighted by Gasteiger charge is -2.04. The Labute approximate surface area is 123 Å².